The van der Waals surface area contributed by atoms with Crippen molar-refractivity contribution in [3.8, 4) is 5.75 Å². The zero-order valence-corrected chi connectivity index (χ0v) is 15.2. The maximum atomic E-state index is 12.0. The lowest BCUT2D eigenvalue weighted by Crippen LogP contribution is -2.43. The van der Waals surface area contributed by atoms with Gasteiger partial charge < -0.3 is 14.4 Å². The van der Waals surface area contributed by atoms with Crippen LogP contribution in [0.1, 0.15) is 40.2 Å². The number of nitrogens with zero attached hydrogens (tertiary/aromatic N) is 1. The molecule has 0 unspecified atom stereocenters. The molecule has 1 aromatic rings. The molecule has 2 amide bonds. The van der Waals surface area contributed by atoms with Crippen molar-refractivity contribution in [2.75, 3.05) is 6.54 Å². The fraction of sp³-hybridized carbons (Fsp3) is 0.562. The number of nitrogens with one attached hydrogen (secondary N) is 1. The molecule has 0 aliphatic rings. The molecule has 0 radical (unpaired) electrons. The third kappa shape index (κ3) is 5.74. The highest BCUT2D eigenvalue weighted by Gasteiger charge is 2.19. The average Bonchev–Trinajstić information content (AvgIpc) is 2.45. The van der Waals surface area contributed by atoms with E-state index >= 15 is 0 Å². The van der Waals surface area contributed by atoms with Gasteiger partial charge in [-0.1, -0.05) is 12.1 Å². The van der Waals surface area contributed by atoms with Crippen LogP contribution in [-0.4, -0.2) is 37.2 Å². The molecule has 0 aliphatic heterocycles. The Labute approximate surface area is 138 Å². The van der Waals surface area contributed by atoms with Gasteiger partial charge in [0.25, 0.3) is 0 Å². The first kappa shape index (κ1) is 19.3. The highest BCUT2D eigenvalue weighted by molar-refractivity contribution is 7.87. The van der Waals surface area contributed by atoms with Crippen LogP contribution >= 0.6 is 0 Å². The second-order valence-electron chi connectivity index (χ2n) is 5.83. The van der Waals surface area contributed by atoms with Crippen LogP contribution < -0.4 is 9.50 Å². The summed E-state index contributed by atoms with van der Waals surface area (Å²) in [7, 11) is -3.60. The highest BCUT2D eigenvalue weighted by Crippen LogP contribution is 2.18. The molecule has 0 fully saturated rings. The normalized spacial score (nSPS) is 11.6. The summed E-state index contributed by atoms with van der Waals surface area (Å²) in [4.78, 5) is 13.7. The Hall–Kier alpha value is -1.76. The molecule has 23 heavy (non-hydrogen) atoms. The number of amides is 2. The van der Waals surface area contributed by atoms with E-state index in [-0.39, 0.29) is 17.8 Å². The molecule has 130 valence electrons. The highest BCUT2D eigenvalue weighted by atomic mass is 32.2. The maximum absolute atomic E-state index is 12.0. The summed E-state index contributed by atoms with van der Waals surface area (Å²) in [5.41, 5.74) is 0.902. The average molecular weight is 342 g/mol. The number of hydrogen-bond donors (Lipinski definition) is 1. The first-order valence-corrected chi connectivity index (χ1v) is 9.21. The van der Waals surface area contributed by atoms with E-state index in [1.807, 2.05) is 20.8 Å². The Kier molecular flexibility index (Phi) is 6.87. The van der Waals surface area contributed by atoms with Crippen molar-refractivity contribution < 1.29 is 17.4 Å². The van der Waals surface area contributed by atoms with E-state index in [4.69, 9.17) is 4.18 Å². The summed E-state index contributed by atoms with van der Waals surface area (Å²) in [6.45, 7) is 9.91. The maximum Gasteiger partial charge on any atom is 0.317 e. The van der Waals surface area contributed by atoms with Gasteiger partial charge in [-0.2, -0.15) is 8.42 Å². The molecule has 0 saturated carbocycles. The number of carbonyl (C=O) groups excluding carboxylic acids is 1. The Morgan fingerprint density at radius 1 is 1.17 bits per heavy atom. The van der Waals surface area contributed by atoms with E-state index in [1.165, 1.54) is 0 Å². The predicted molar refractivity (Wildman–Crippen MR) is 90.9 cm³/mol. The minimum atomic E-state index is -3.60. The van der Waals surface area contributed by atoms with Crippen LogP contribution in [0, 0.1) is 0 Å². The molecule has 0 saturated heterocycles. The SMILES string of the molecule is CCNC(=O)N(Cc1ccc(OS(=O)(=O)C(C)C)cc1)C(C)C. The largest absolute Gasteiger partial charge is 0.382 e. The van der Waals surface area contributed by atoms with Crippen LogP contribution in [0.5, 0.6) is 5.75 Å². The molecule has 0 spiro atoms. The topological polar surface area (TPSA) is 75.7 Å². The van der Waals surface area contributed by atoms with Crippen LogP contribution in [0.15, 0.2) is 24.3 Å². The Morgan fingerprint density at radius 2 is 1.74 bits per heavy atom. The van der Waals surface area contributed by atoms with E-state index in [0.29, 0.717) is 13.1 Å². The summed E-state index contributed by atoms with van der Waals surface area (Å²) in [6, 6.07) is 6.67. The quantitative estimate of drug-likeness (QED) is 0.773. The monoisotopic (exact) mass is 342 g/mol. The number of benzene rings is 1. The van der Waals surface area contributed by atoms with Crippen molar-refractivity contribution in [2.45, 2.75) is 52.5 Å². The second kappa shape index (κ2) is 8.19. The molecular weight excluding hydrogens is 316 g/mol. The third-order valence-corrected chi connectivity index (χ3v) is 4.86. The number of hydrogen-bond acceptors (Lipinski definition) is 4. The molecule has 6 nitrogen and oxygen atoms in total. The number of urea groups is 1. The Balaban J connectivity index is 2.81. The lowest BCUT2D eigenvalue weighted by Gasteiger charge is -2.27. The molecule has 1 N–H and O–H groups in total. The van der Waals surface area contributed by atoms with Gasteiger partial charge in [0.2, 0.25) is 0 Å². The lowest BCUT2D eigenvalue weighted by molar-refractivity contribution is 0.180. The van der Waals surface area contributed by atoms with Crippen molar-refractivity contribution in [1.29, 1.82) is 0 Å². The van der Waals surface area contributed by atoms with E-state index in [1.54, 1.807) is 43.0 Å². The number of rotatable bonds is 7. The Morgan fingerprint density at radius 3 is 2.17 bits per heavy atom. The van der Waals surface area contributed by atoms with Crippen LogP contribution in [-0.2, 0) is 16.7 Å². The summed E-state index contributed by atoms with van der Waals surface area (Å²) >= 11 is 0. The smallest absolute Gasteiger partial charge is 0.317 e. The summed E-state index contributed by atoms with van der Waals surface area (Å²) in [5.74, 6) is 0.275. The van der Waals surface area contributed by atoms with Crippen LogP contribution in [0.3, 0.4) is 0 Å². The van der Waals surface area contributed by atoms with Gasteiger partial charge in [-0.05, 0) is 52.3 Å². The van der Waals surface area contributed by atoms with Crippen LogP contribution in [0.4, 0.5) is 4.79 Å². The minimum absolute atomic E-state index is 0.0544. The minimum Gasteiger partial charge on any atom is -0.382 e. The van der Waals surface area contributed by atoms with Crippen LogP contribution in [0.2, 0.25) is 0 Å². The van der Waals surface area contributed by atoms with Gasteiger partial charge >= 0.3 is 16.1 Å². The molecule has 0 aromatic heterocycles. The van der Waals surface area contributed by atoms with Gasteiger partial charge in [0, 0.05) is 19.1 Å². The van der Waals surface area contributed by atoms with Gasteiger partial charge in [0.05, 0.1) is 5.25 Å². The van der Waals surface area contributed by atoms with E-state index in [0.717, 1.165) is 5.56 Å². The Bertz CT molecular complexity index is 609. The standard InChI is InChI=1S/C16H26N2O4S/c1-6-17-16(19)18(12(2)3)11-14-7-9-15(10-8-14)22-23(20,21)13(4)5/h7-10,12-13H,6,11H2,1-5H3,(H,17,19). The molecule has 0 bridgehead atoms. The van der Waals surface area contributed by atoms with E-state index in [9.17, 15) is 13.2 Å². The lowest BCUT2D eigenvalue weighted by atomic mass is 10.2. The second-order valence-corrected chi connectivity index (χ2v) is 7.92. The predicted octanol–water partition coefficient (Wildman–Crippen LogP) is 2.74. The van der Waals surface area contributed by atoms with Crippen molar-refractivity contribution >= 4 is 16.1 Å². The van der Waals surface area contributed by atoms with Crippen molar-refractivity contribution in [3.63, 3.8) is 0 Å². The van der Waals surface area contributed by atoms with Gasteiger partial charge in [-0.25, -0.2) is 4.79 Å². The van der Waals surface area contributed by atoms with Gasteiger partial charge in [0.15, 0.2) is 0 Å². The van der Waals surface area contributed by atoms with Crippen molar-refractivity contribution in [3.05, 3.63) is 29.8 Å². The molecule has 0 heterocycles. The van der Waals surface area contributed by atoms with Crippen molar-refractivity contribution in [2.24, 2.45) is 0 Å². The van der Waals surface area contributed by atoms with E-state index in [2.05, 4.69) is 5.32 Å². The number of carbonyl (C=O) groups is 1. The third-order valence-electron chi connectivity index (χ3n) is 3.28. The molecule has 1 aromatic carbocycles. The van der Waals surface area contributed by atoms with Gasteiger partial charge in [-0.3, -0.25) is 0 Å². The van der Waals surface area contributed by atoms with E-state index < -0.39 is 15.4 Å². The summed E-state index contributed by atoms with van der Waals surface area (Å²) in [5, 5.41) is 2.18. The molecule has 7 heteroatoms. The van der Waals surface area contributed by atoms with Crippen molar-refractivity contribution in [1.82, 2.24) is 10.2 Å². The first-order valence-electron chi connectivity index (χ1n) is 7.74. The van der Waals surface area contributed by atoms with Gasteiger partial charge in [-0.15, -0.1) is 0 Å². The molecule has 0 atom stereocenters. The summed E-state index contributed by atoms with van der Waals surface area (Å²) < 4.78 is 28.5. The molecular formula is C16H26N2O4S. The first-order chi connectivity index (χ1) is 10.7. The zero-order valence-electron chi connectivity index (χ0n) is 14.4. The van der Waals surface area contributed by atoms with Crippen LogP contribution in [0.25, 0.3) is 0 Å². The fourth-order valence-corrected chi connectivity index (χ4v) is 2.39. The summed E-state index contributed by atoms with van der Waals surface area (Å²) in [6.07, 6.45) is 0. The van der Waals surface area contributed by atoms with Gasteiger partial charge in [0.1, 0.15) is 5.75 Å². The zero-order chi connectivity index (χ0) is 17.6. The molecule has 0 aliphatic carbocycles. The molecule has 1 rings (SSSR count). The fourth-order valence-electron chi connectivity index (χ4n) is 1.82.